The van der Waals surface area contributed by atoms with Crippen LogP contribution in [0.3, 0.4) is 0 Å². The number of sulfonamides is 1. The van der Waals surface area contributed by atoms with Crippen molar-refractivity contribution in [3.05, 3.63) is 27.4 Å². The fourth-order valence-corrected chi connectivity index (χ4v) is 4.78. The van der Waals surface area contributed by atoms with Gasteiger partial charge < -0.3 is 0 Å². The lowest BCUT2D eigenvalue weighted by Crippen LogP contribution is -2.25. The summed E-state index contributed by atoms with van der Waals surface area (Å²) in [5.41, 5.74) is 0.199. The van der Waals surface area contributed by atoms with Gasteiger partial charge in [-0.2, -0.15) is 0 Å². The van der Waals surface area contributed by atoms with Crippen LogP contribution < -0.4 is 4.72 Å². The van der Waals surface area contributed by atoms with E-state index >= 15 is 0 Å². The monoisotopic (exact) mass is 355 g/mol. The van der Waals surface area contributed by atoms with Crippen LogP contribution in [-0.2, 0) is 10.0 Å². The quantitative estimate of drug-likeness (QED) is 0.892. The normalized spacial score (nSPS) is 17.1. The van der Waals surface area contributed by atoms with Gasteiger partial charge in [-0.3, -0.25) is 4.72 Å². The highest BCUT2D eigenvalue weighted by molar-refractivity contribution is 9.10. The number of benzene rings is 1. The fraction of sp³-hybridized carbons (Fsp3) is 0.455. The lowest BCUT2D eigenvalue weighted by Gasteiger charge is -2.15. The van der Waals surface area contributed by atoms with Gasteiger partial charge in [0.15, 0.2) is 0 Å². The summed E-state index contributed by atoms with van der Waals surface area (Å²) in [5.74, 6) is -0.518. The molecule has 0 amide bonds. The van der Waals surface area contributed by atoms with Crippen LogP contribution in [0.25, 0.3) is 0 Å². The summed E-state index contributed by atoms with van der Waals surface area (Å²) in [6.45, 7) is 0. The maximum absolute atomic E-state index is 13.1. The van der Waals surface area contributed by atoms with Crippen LogP contribution in [0, 0.1) is 5.82 Å². The second-order valence-corrected chi connectivity index (χ2v) is 7.52. The lowest BCUT2D eigenvalue weighted by molar-refractivity contribution is 0.585. The van der Waals surface area contributed by atoms with Gasteiger partial charge in [0.05, 0.1) is 16.0 Å². The van der Waals surface area contributed by atoms with E-state index in [-0.39, 0.29) is 16.0 Å². The summed E-state index contributed by atoms with van der Waals surface area (Å²) in [4.78, 5) is 0. The summed E-state index contributed by atoms with van der Waals surface area (Å²) in [5, 5.41) is -0.339. The van der Waals surface area contributed by atoms with E-state index in [9.17, 15) is 12.8 Å². The molecular formula is C11H12BrClFNO2S. The van der Waals surface area contributed by atoms with E-state index < -0.39 is 15.8 Å². The standard InChI is InChI=1S/C11H12BrClFNO2S/c12-9-5-7(14)6-10(13)11(9)15-18(16,17)8-3-1-2-4-8/h5-6,8,15H,1-4H2. The Morgan fingerprint density at radius 2 is 1.94 bits per heavy atom. The SMILES string of the molecule is O=S(=O)(Nc1c(Cl)cc(F)cc1Br)C1CCCC1. The van der Waals surface area contributed by atoms with Gasteiger partial charge >= 0.3 is 0 Å². The van der Waals surface area contributed by atoms with Crippen molar-refractivity contribution in [1.82, 2.24) is 0 Å². The third-order valence-electron chi connectivity index (χ3n) is 2.99. The van der Waals surface area contributed by atoms with E-state index in [0.717, 1.165) is 18.9 Å². The molecular weight excluding hydrogens is 345 g/mol. The average Bonchev–Trinajstić information content (AvgIpc) is 2.77. The second kappa shape index (κ2) is 5.35. The molecule has 1 fully saturated rings. The zero-order chi connectivity index (χ0) is 13.3. The Balaban J connectivity index is 2.29. The summed E-state index contributed by atoms with van der Waals surface area (Å²) in [6, 6.07) is 2.26. The van der Waals surface area contributed by atoms with Crippen LogP contribution in [0.15, 0.2) is 16.6 Å². The summed E-state index contributed by atoms with van der Waals surface area (Å²) in [7, 11) is -3.46. The predicted molar refractivity (Wildman–Crippen MR) is 73.9 cm³/mol. The van der Waals surface area contributed by atoms with Crippen LogP contribution in [0.1, 0.15) is 25.7 Å². The largest absolute Gasteiger partial charge is 0.281 e. The van der Waals surface area contributed by atoms with Crippen LogP contribution in [0.2, 0.25) is 5.02 Å². The zero-order valence-corrected chi connectivity index (χ0v) is 12.6. The first-order valence-corrected chi connectivity index (χ1v) is 8.28. The molecule has 1 aliphatic rings. The van der Waals surface area contributed by atoms with Crippen molar-refractivity contribution in [3.63, 3.8) is 0 Å². The molecule has 0 aliphatic heterocycles. The van der Waals surface area contributed by atoms with Gasteiger partial charge in [-0.25, -0.2) is 12.8 Å². The number of hydrogen-bond acceptors (Lipinski definition) is 2. The van der Waals surface area contributed by atoms with E-state index in [1.807, 2.05) is 0 Å². The lowest BCUT2D eigenvalue weighted by atomic mass is 10.3. The Kier molecular flexibility index (Phi) is 4.18. The highest BCUT2D eigenvalue weighted by Crippen LogP contribution is 2.34. The maximum atomic E-state index is 13.1. The van der Waals surface area contributed by atoms with E-state index in [2.05, 4.69) is 20.7 Å². The van der Waals surface area contributed by atoms with Crippen molar-refractivity contribution in [2.45, 2.75) is 30.9 Å². The maximum Gasteiger partial charge on any atom is 0.235 e. The third-order valence-corrected chi connectivity index (χ3v) is 5.75. The minimum Gasteiger partial charge on any atom is -0.281 e. The van der Waals surface area contributed by atoms with Crippen molar-refractivity contribution >= 4 is 43.2 Å². The molecule has 0 unspecified atom stereocenters. The zero-order valence-electron chi connectivity index (χ0n) is 9.42. The minimum absolute atomic E-state index is 0.0449. The molecule has 18 heavy (non-hydrogen) atoms. The Morgan fingerprint density at radius 3 is 2.50 bits per heavy atom. The number of rotatable bonds is 3. The molecule has 0 heterocycles. The molecule has 0 aromatic heterocycles. The molecule has 2 rings (SSSR count). The van der Waals surface area contributed by atoms with E-state index in [1.54, 1.807) is 0 Å². The smallest absolute Gasteiger partial charge is 0.235 e. The van der Waals surface area contributed by atoms with Crippen molar-refractivity contribution in [2.75, 3.05) is 4.72 Å². The van der Waals surface area contributed by atoms with Crippen LogP contribution >= 0.6 is 27.5 Å². The van der Waals surface area contributed by atoms with Crippen LogP contribution in [0.5, 0.6) is 0 Å². The molecule has 1 aliphatic carbocycles. The second-order valence-electron chi connectivity index (χ2n) is 4.30. The molecule has 0 bridgehead atoms. The summed E-state index contributed by atoms with van der Waals surface area (Å²) >= 11 is 8.96. The van der Waals surface area contributed by atoms with Gasteiger partial charge in [0.2, 0.25) is 10.0 Å². The molecule has 1 aromatic carbocycles. The molecule has 0 atom stereocenters. The third kappa shape index (κ3) is 2.97. The number of halogens is 3. The first kappa shape index (κ1) is 14.1. The molecule has 0 radical (unpaired) electrons. The highest BCUT2D eigenvalue weighted by atomic mass is 79.9. The molecule has 7 heteroatoms. The minimum atomic E-state index is -3.46. The number of anilines is 1. The summed E-state index contributed by atoms with van der Waals surface area (Å²) < 4.78 is 40.0. The molecule has 3 nitrogen and oxygen atoms in total. The molecule has 1 saturated carbocycles. The highest BCUT2D eigenvalue weighted by Gasteiger charge is 2.29. The first-order valence-electron chi connectivity index (χ1n) is 5.56. The Morgan fingerprint density at radius 1 is 1.33 bits per heavy atom. The van der Waals surface area contributed by atoms with Crippen molar-refractivity contribution in [2.24, 2.45) is 0 Å². The summed E-state index contributed by atoms with van der Waals surface area (Å²) in [6.07, 6.45) is 3.16. The van der Waals surface area contributed by atoms with E-state index in [4.69, 9.17) is 11.6 Å². The fourth-order valence-electron chi connectivity index (χ4n) is 2.06. The van der Waals surface area contributed by atoms with Gasteiger partial charge in [0, 0.05) is 4.47 Å². The Labute approximate surface area is 119 Å². The van der Waals surface area contributed by atoms with Crippen LogP contribution in [-0.4, -0.2) is 13.7 Å². The van der Waals surface area contributed by atoms with Gasteiger partial charge in [-0.1, -0.05) is 24.4 Å². The molecule has 0 saturated heterocycles. The molecule has 0 spiro atoms. The van der Waals surface area contributed by atoms with Gasteiger partial charge in [-0.15, -0.1) is 0 Å². The van der Waals surface area contributed by atoms with E-state index in [1.165, 1.54) is 6.07 Å². The van der Waals surface area contributed by atoms with Gasteiger partial charge in [0.1, 0.15) is 5.82 Å². The molecule has 1 aromatic rings. The Bertz CT molecular complexity index is 535. The number of hydrogen-bond donors (Lipinski definition) is 1. The van der Waals surface area contributed by atoms with Crippen molar-refractivity contribution in [1.29, 1.82) is 0 Å². The topological polar surface area (TPSA) is 46.2 Å². The average molecular weight is 357 g/mol. The number of nitrogens with one attached hydrogen (secondary N) is 1. The van der Waals surface area contributed by atoms with E-state index in [0.29, 0.717) is 17.3 Å². The van der Waals surface area contributed by atoms with Crippen molar-refractivity contribution in [3.8, 4) is 0 Å². The molecule has 1 N–H and O–H groups in total. The first-order chi connectivity index (χ1) is 8.40. The van der Waals surface area contributed by atoms with Gasteiger partial charge in [0.25, 0.3) is 0 Å². The van der Waals surface area contributed by atoms with Crippen LogP contribution in [0.4, 0.5) is 10.1 Å². The molecule has 100 valence electrons. The van der Waals surface area contributed by atoms with Crippen molar-refractivity contribution < 1.29 is 12.8 Å². The Hall–Kier alpha value is -0.330. The van der Waals surface area contributed by atoms with Gasteiger partial charge in [-0.05, 0) is 40.9 Å². The predicted octanol–water partition coefficient (Wildman–Crippen LogP) is 3.93.